The molecular formula is C11H11F3O2S. The van der Waals surface area contributed by atoms with Gasteiger partial charge in [-0.05, 0) is 42.3 Å². The highest BCUT2D eigenvalue weighted by molar-refractivity contribution is 8.00. The van der Waals surface area contributed by atoms with Crippen LogP contribution >= 0.6 is 11.8 Å². The number of hydrogen-bond acceptors (Lipinski definition) is 2. The number of alkyl halides is 3. The van der Waals surface area contributed by atoms with Gasteiger partial charge in [-0.3, -0.25) is 4.79 Å². The van der Waals surface area contributed by atoms with Crippen molar-refractivity contribution in [3.05, 3.63) is 29.3 Å². The summed E-state index contributed by atoms with van der Waals surface area (Å²) in [6.07, 6.45) is 0.153. The lowest BCUT2D eigenvalue weighted by atomic mass is 10.1. The number of carboxylic acid groups (broad SMARTS) is 1. The van der Waals surface area contributed by atoms with E-state index in [1.54, 1.807) is 19.1 Å². The summed E-state index contributed by atoms with van der Waals surface area (Å²) in [4.78, 5) is 10.5. The van der Waals surface area contributed by atoms with Gasteiger partial charge in [0, 0.05) is 11.3 Å². The fourth-order valence-corrected chi connectivity index (χ4v) is 1.97. The van der Waals surface area contributed by atoms with Crippen LogP contribution in [-0.4, -0.2) is 16.6 Å². The summed E-state index contributed by atoms with van der Waals surface area (Å²) >= 11 is -0.172. The molecule has 1 aromatic carbocycles. The van der Waals surface area contributed by atoms with E-state index >= 15 is 0 Å². The highest BCUT2D eigenvalue weighted by Crippen LogP contribution is 2.38. The smallest absolute Gasteiger partial charge is 0.446 e. The third-order valence-electron chi connectivity index (χ3n) is 2.11. The molecule has 0 atom stereocenters. The van der Waals surface area contributed by atoms with Crippen molar-refractivity contribution in [1.29, 1.82) is 0 Å². The van der Waals surface area contributed by atoms with E-state index in [9.17, 15) is 18.0 Å². The lowest BCUT2D eigenvalue weighted by molar-refractivity contribution is -0.136. The molecule has 0 aliphatic heterocycles. The summed E-state index contributed by atoms with van der Waals surface area (Å²) in [7, 11) is 0. The maximum atomic E-state index is 12.2. The van der Waals surface area contributed by atoms with Gasteiger partial charge in [-0.15, -0.1) is 0 Å². The molecular weight excluding hydrogens is 253 g/mol. The first-order valence-corrected chi connectivity index (χ1v) is 5.66. The summed E-state index contributed by atoms with van der Waals surface area (Å²) < 4.78 is 36.7. The molecule has 1 aromatic rings. The van der Waals surface area contributed by atoms with Gasteiger partial charge < -0.3 is 5.11 Å². The number of thioether (sulfide) groups is 1. The Kier molecular flexibility index (Phi) is 4.45. The molecule has 94 valence electrons. The fraction of sp³-hybridized carbons (Fsp3) is 0.364. The average Bonchev–Trinajstić information content (AvgIpc) is 2.17. The maximum Gasteiger partial charge on any atom is 0.446 e. The van der Waals surface area contributed by atoms with E-state index in [1.165, 1.54) is 6.07 Å². The van der Waals surface area contributed by atoms with Crippen LogP contribution in [0.25, 0.3) is 0 Å². The highest BCUT2D eigenvalue weighted by Gasteiger charge is 2.29. The van der Waals surface area contributed by atoms with Crippen LogP contribution < -0.4 is 0 Å². The largest absolute Gasteiger partial charge is 0.481 e. The zero-order chi connectivity index (χ0) is 13.1. The van der Waals surface area contributed by atoms with Crippen molar-refractivity contribution in [2.24, 2.45) is 0 Å². The van der Waals surface area contributed by atoms with E-state index in [2.05, 4.69) is 0 Å². The van der Waals surface area contributed by atoms with Crippen LogP contribution in [0.4, 0.5) is 13.2 Å². The molecule has 0 bridgehead atoms. The standard InChI is InChI=1S/C11H11F3O2S/c1-7-2-3-8(4-5-10(15)16)6-9(7)17-11(12,13)14/h2-3,6H,4-5H2,1H3,(H,15,16). The van der Waals surface area contributed by atoms with E-state index in [4.69, 9.17) is 5.11 Å². The van der Waals surface area contributed by atoms with Crippen LogP contribution in [0.2, 0.25) is 0 Å². The molecule has 0 spiro atoms. The first-order valence-electron chi connectivity index (χ1n) is 4.85. The Morgan fingerprint density at radius 1 is 1.41 bits per heavy atom. The molecule has 6 heteroatoms. The van der Waals surface area contributed by atoms with E-state index in [1.807, 2.05) is 0 Å². The van der Waals surface area contributed by atoms with Gasteiger partial charge in [-0.2, -0.15) is 13.2 Å². The molecule has 0 radical (unpaired) electrons. The summed E-state index contributed by atoms with van der Waals surface area (Å²) in [6.45, 7) is 1.59. The van der Waals surface area contributed by atoms with Gasteiger partial charge in [-0.1, -0.05) is 12.1 Å². The second kappa shape index (κ2) is 5.44. The van der Waals surface area contributed by atoms with Crippen molar-refractivity contribution in [3.63, 3.8) is 0 Å². The summed E-state index contributed by atoms with van der Waals surface area (Å²) in [6, 6.07) is 4.63. The zero-order valence-electron chi connectivity index (χ0n) is 9.04. The van der Waals surface area contributed by atoms with Crippen LogP contribution in [0.1, 0.15) is 17.5 Å². The number of carboxylic acids is 1. The number of aryl methyl sites for hydroxylation is 2. The molecule has 2 nitrogen and oxygen atoms in total. The van der Waals surface area contributed by atoms with E-state index in [0.29, 0.717) is 11.1 Å². The predicted molar refractivity (Wildman–Crippen MR) is 59.0 cm³/mol. The van der Waals surface area contributed by atoms with Gasteiger partial charge in [0.25, 0.3) is 0 Å². The molecule has 17 heavy (non-hydrogen) atoms. The first-order chi connectivity index (χ1) is 7.78. The van der Waals surface area contributed by atoms with Gasteiger partial charge in [0.15, 0.2) is 0 Å². The number of carbonyl (C=O) groups is 1. The van der Waals surface area contributed by atoms with Crippen LogP contribution in [0.3, 0.4) is 0 Å². The monoisotopic (exact) mass is 264 g/mol. The van der Waals surface area contributed by atoms with Gasteiger partial charge in [-0.25, -0.2) is 0 Å². The molecule has 0 fully saturated rings. The van der Waals surface area contributed by atoms with Crippen molar-refractivity contribution in [1.82, 2.24) is 0 Å². The second-order valence-corrected chi connectivity index (χ2v) is 4.65. The molecule has 0 unspecified atom stereocenters. The summed E-state index contributed by atoms with van der Waals surface area (Å²) in [5.41, 5.74) is -3.19. The van der Waals surface area contributed by atoms with Crippen molar-refractivity contribution in [3.8, 4) is 0 Å². The van der Waals surface area contributed by atoms with Crippen LogP contribution in [-0.2, 0) is 11.2 Å². The Labute approximate surface area is 101 Å². The van der Waals surface area contributed by atoms with Crippen LogP contribution in [0.5, 0.6) is 0 Å². The summed E-state index contributed by atoms with van der Waals surface area (Å²) in [5, 5.41) is 8.50. The van der Waals surface area contributed by atoms with Crippen molar-refractivity contribution in [2.45, 2.75) is 30.2 Å². The minimum atomic E-state index is -4.32. The lowest BCUT2D eigenvalue weighted by Crippen LogP contribution is -2.01. The second-order valence-electron chi connectivity index (χ2n) is 3.54. The van der Waals surface area contributed by atoms with E-state index < -0.39 is 11.5 Å². The molecule has 0 saturated carbocycles. The number of halogens is 3. The van der Waals surface area contributed by atoms with E-state index in [-0.39, 0.29) is 29.5 Å². The van der Waals surface area contributed by atoms with Gasteiger partial charge in [0.1, 0.15) is 0 Å². The molecule has 0 aliphatic rings. The number of rotatable bonds is 4. The molecule has 0 aliphatic carbocycles. The maximum absolute atomic E-state index is 12.2. The molecule has 0 saturated heterocycles. The van der Waals surface area contributed by atoms with Crippen molar-refractivity contribution in [2.75, 3.05) is 0 Å². The fourth-order valence-electron chi connectivity index (χ4n) is 1.29. The quantitative estimate of drug-likeness (QED) is 0.844. The average molecular weight is 264 g/mol. The van der Waals surface area contributed by atoms with Gasteiger partial charge in [0.2, 0.25) is 0 Å². The lowest BCUT2D eigenvalue weighted by Gasteiger charge is -2.10. The Morgan fingerprint density at radius 2 is 2.06 bits per heavy atom. The van der Waals surface area contributed by atoms with Crippen LogP contribution in [0.15, 0.2) is 23.1 Å². The van der Waals surface area contributed by atoms with E-state index in [0.717, 1.165) is 0 Å². The Balaban J connectivity index is 2.83. The minimum Gasteiger partial charge on any atom is -0.481 e. The topological polar surface area (TPSA) is 37.3 Å². The third-order valence-corrected chi connectivity index (χ3v) is 3.00. The highest BCUT2D eigenvalue weighted by atomic mass is 32.2. The number of benzene rings is 1. The Morgan fingerprint density at radius 3 is 2.59 bits per heavy atom. The van der Waals surface area contributed by atoms with Gasteiger partial charge >= 0.3 is 11.5 Å². The Bertz CT molecular complexity index is 416. The summed E-state index contributed by atoms with van der Waals surface area (Å²) in [5.74, 6) is -0.962. The molecule has 1 N–H and O–H groups in total. The number of hydrogen-bond donors (Lipinski definition) is 1. The predicted octanol–water partition coefficient (Wildman–Crippen LogP) is 3.62. The Hall–Kier alpha value is -1.17. The minimum absolute atomic E-state index is 0.0841. The number of aliphatic carboxylic acids is 1. The third kappa shape index (κ3) is 5.12. The van der Waals surface area contributed by atoms with Crippen molar-refractivity contribution >= 4 is 17.7 Å². The SMILES string of the molecule is Cc1ccc(CCC(=O)O)cc1SC(F)(F)F. The molecule has 0 aromatic heterocycles. The van der Waals surface area contributed by atoms with Crippen LogP contribution in [0, 0.1) is 6.92 Å². The molecule has 0 amide bonds. The molecule has 0 heterocycles. The normalized spacial score (nSPS) is 11.5. The first kappa shape index (κ1) is 13.9. The van der Waals surface area contributed by atoms with Gasteiger partial charge in [0.05, 0.1) is 0 Å². The van der Waals surface area contributed by atoms with Crippen molar-refractivity contribution < 1.29 is 23.1 Å². The zero-order valence-corrected chi connectivity index (χ0v) is 9.86. The molecule has 1 rings (SSSR count).